The van der Waals surface area contributed by atoms with Gasteiger partial charge in [0.05, 0.1) is 0 Å². The highest BCUT2D eigenvalue weighted by Crippen LogP contribution is 2.32. The first kappa shape index (κ1) is 10.5. The maximum Gasteiger partial charge on any atom is 0.00695 e. The standard InChI is InChI=1S/C13H25N/c1-10(12-6-3-4-7-12)14-11(2)13-8-5-9-13/h10-14H,3-9H2,1-2H3. The van der Waals surface area contributed by atoms with Crippen LogP contribution in [0.2, 0.25) is 0 Å². The first-order chi connectivity index (χ1) is 6.77. The molecule has 0 spiro atoms. The third-order valence-electron chi connectivity index (χ3n) is 4.49. The molecule has 2 atom stereocenters. The summed E-state index contributed by atoms with van der Waals surface area (Å²) in [4.78, 5) is 0. The van der Waals surface area contributed by atoms with E-state index in [0.717, 1.165) is 23.9 Å². The fourth-order valence-corrected chi connectivity index (χ4v) is 3.08. The first-order valence-corrected chi connectivity index (χ1v) is 6.53. The Morgan fingerprint density at radius 2 is 1.21 bits per heavy atom. The molecule has 1 N–H and O–H groups in total. The predicted molar refractivity (Wildman–Crippen MR) is 61.4 cm³/mol. The zero-order valence-corrected chi connectivity index (χ0v) is 9.76. The molecule has 2 aliphatic carbocycles. The average Bonchev–Trinajstić information content (AvgIpc) is 2.51. The van der Waals surface area contributed by atoms with Crippen LogP contribution in [0, 0.1) is 11.8 Å². The highest BCUT2D eigenvalue weighted by atomic mass is 15.0. The topological polar surface area (TPSA) is 12.0 Å². The molecule has 0 aromatic carbocycles. The first-order valence-electron chi connectivity index (χ1n) is 6.53. The fraction of sp³-hybridized carbons (Fsp3) is 1.00. The Balaban J connectivity index is 1.72. The molecule has 82 valence electrons. The van der Waals surface area contributed by atoms with Crippen LogP contribution in [-0.4, -0.2) is 12.1 Å². The molecule has 2 saturated carbocycles. The molecule has 0 radical (unpaired) electrons. The van der Waals surface area contributed by atoms with E-state index < -0.39 is 0 Å². The molecule has 2 aliphatic rings. The summed E-state index contributed by atoms with van der Waals surface area (Å²) in [6.07, 6.45) is 10.3. The van der Waals surface area contributed by atoms with E-state index in [1.54, 1.807) is 0 Å². The Hall–Kier alpha value is -0.0400. The lowest BCUT2D eigenvalue weighted by molar-refractivity contribution is 0.212. The Morgan fingerprint density at radius 1 is 0.786 bits per heavy atom. The van der Waals surface area contributed by atoms with Crippen molar-refractivity contribution in [1.82, 2.24) is 5.32 Å². The van der Waals surface area contributed by atoms with E-state index in [1.807, 2.05) is 0 Å². The normalized spacial score (nSPS) is 28.7. The van der Waals surface area contributed by atoms with E-state index >= 15 is 0 Å². The quantitative estimate of drug-likeness (QED) is 0.725. The third kappa shape index (κ3) is 2.31. The van der Waals surface area contributed by atoms with Gasteiger partial charge in [0, 0.05) is 12.1 Å². The van der Waals surface area contributed by atoms with E-state index in [4.69, 9.17) is 0 Å². The van der Waals surface area contributed by atoms with E-state index in [9.17, 15) is 0 Å². The van der Waals surface area contributed by atoms with Gasteiger partial charge in [0.25, 0.3) is 0 Å². The molecule has 2 unspecified atom stereocenters. The van der Waals surface area contributed by atoms with Crippen molar-refractivity contribution in [3.63, 3.8) is 0 Å². The van der Waals surface area contributed by atoms with Gasteiger partial charge in [-0.1, -0.05) is 19.3 Å². The Bertz CT molecular complexity index is 168. The summed E-state index contributed by atoms with van der Waals surface area (Å²) >= 11 is 0. The Morgan fingerprint density at radius 3 is 1.57 bits per heavy atom. The van der Waals surface area contributed by atoms with Gasteiger partial charge in [-0.2, -0.15) is 0 Å². The number of nitrogens with one attached hydrogen (secondary N) is 1. The molecule has 0 aliphatic heterocycles. The predicted octanol–water partition coefficient (Wildman–Crippen LogP) is 3.34. The van der Waals surface area contributed by atoms with E-state index in [0.29, 0.717) is 0 Å². The van der Waals surface area contributed by atoms with Crippen LogP contribution in [0.5, 0.6) is 0 Å². The van der Waals surface area contributed by atoms with Gasteiger partial charge in [0.2, 0.25) is 0 Å². The minimum absolute atomic E-state index is 0.758. The summed E-state index contributed by atoms with van der Waals surface area (Å²) in [7, 11) is 0. The lowest BCUT2D eigenvalue weighted by Gasteiger charge is -2.35. The van der Waals surface area contributed by atoms with Crippen LogP contribution < -0.4 is 5.32 Å². The van der Waals surface area contributed by atoms with Crippen LogP contribution in [0.1, 0.15) is 58.8 Å². The molecule has 0 bridgehead atoms. The summed E-state index contributed by atoms with van der Waals surface area (Å²) in [6.45, 7) is 4.78. The van der Waals surface area contributed by atoms with Gasteiger partial charge in [0.15, 0.2) is 0 Å². The molecule has 1 nitrogen and oxygen atoms in total. The Labute approximate surface area is 88.7 Å². The molecule has 2 rings (SSSR count). The molecule has 1 heteroatoms. The van der Waals surface area contributed by atoms with Crippen molar-refractivity contribution in [1.29, 1.82) is 0 Å². The second kappa shape index (κ2) is 4.65. The highest BCUT2D eigenvalue weighted by Gasteiger charge is 2.27. The zero-order valence-electron chi connectivity index (χ0n) is 9.76. The summed E-state index contributed by atoms with van der Waals surface area (Å²) in [5.41, 5.74) is 0. The van der Waals surface area contributed by atoms with Crippen molar-refractivity contribution >= 4 is 0 Å². The monoisotopic (exact) mass is 195 g/mol. The zero-order chi connectivity index (χ0) is 9.97. The number of hydrogen-bond acceptors (Lipinski definition) is 1. The SMILES string of the molecule is CC(NC(C)C1CCC1)C1CCCC1. The van der Waals surface area contributed by atoms with E-state index in [-0.39, 0.29) is 0 Å². The molecule has 0 heterocycles. The molecular weight excluding hydrogens is 170 g/mol. The maximum absolute atomic E-state index is 3.82. The molecule has 2 fully saturated rings. The molecule has 0 aromatic rings. The molecular formula is C13H25N. The fourth-order valence-electron chi connectivity index (χ4n) is 3.08. The van der Waals surface area contributed by atoms with Crippen LogP contribution in [0.25, 0.3) is 0 Å². The summed E-state index contributed by atoms with van der Waals surface area (Å²) < 4.78 is 0. The summed E-state index contributed by atoms with van der Waals surface area (Å²) in [6, 6.07) is 1.52. The molecule has 0 aromatic heterocycles. The highest BCUT2D eigenvalue weighted by molar-refractivity contribution is 4.84. The van der Waals surface area contributed by atoms with E-state index in [1.165, 1.54) is 44.9 Å². The van der Waals surface area contributed by atoms with Gasteiger partial charge in [-0.15, -0.1) is 0 Å². The van der Waals surface area contributed by atoms with Gasteiger partial charge in [-0.25, -0.2) is 0 Å². The lowest BCUT2D eigenvalue weighted by atomic mass is 9.80. The minimum atomic E-state index is 0.758. The van der Waals surface area contributed by atoms with Gasteiger partial charge in [-0.3, -0.25) is 0 Å². The van der Waals surface area contributed by atoms with Crippen molar-refractivity contribution in [2.45, 2.75) is 70.9 Å². The smallest absolute Gasteiger partial charge is 0.00695 e. The molecule has 0 saturated heterocycles. The van der Waals surface area contributed by atoms with Crippen LogP contribution in [0.15, 0.2) is 0 Å². The van der Waals surface area contributed by atoms with E-state index in [2.05, 4.69) is 19.2 Å². The lowest BCUT2D eigenvalue weighted by Crippen LogP contribution is -2.44. The van der Waals surface area contributed by atoms with Crippen LogP contribution >= 0.6 is 0 Å². The number of rotatable bonds is 4. The van der Waals surface area contributed by atoms with Crippen LogP contribution in [0.3, 0.4) is 0 Å². The average molecular weight is 195 g/mol. The summed E-state index contributed by atoms with van der Waals surface area (Å²) in [5, 5.41) is 3.82. The van der Waals surface area contributed by atoms with Crippen molar-refractivity contribution in [3.8, 4) is 0 Å². The number of hydrogen-bond donors (Lipinski definition) is 1. The van der Waals surface area contributed by atoms with Gasteiger partial charge in [0.1, 0.15) is 0 Å². The Kier molecular flexibility index (Phi) is 3.48. The molecule has 0 amide bonds. The van der Waals surface area contributed by atoms with Crippen molar-refractivity contribution in [3.05, 3.63) is 0 Å². The largest absolute Gasteiger partial charge is 0.311 e. The van der Waals surface area contributed by atoms with Crippen LogP contribution in [0.4, 0.5) is 0 Å². The molecule has 14 heavy (non-hydrogen) atoms. The maximum atomic E-state index is 3.82. The second-order valence-electron chi connectivity index (χ2n) is 5.48. The van der Waals surface area contributed by atoms with Gasteiger partial charge in [-0.05, 0) is 51.4 Å². The minimum Gasteiger partial charge on any atom is -0.311 e. The van der Waals surface area contributed by atoms with Gasteiger partial charge >= 0.3 is 0 Å². The third-order valence-corrected chi connectivity index (χ3v) is 4.49. The van der Waals surface area contributed by atoms with Gasteiger partial charge < -0.3 is 5.32 Å². The second-order valence-corrected chi connectivity index (χ2v) is 5.48. The van der Waals surface area contributed by atoms with Crippen molar-refractivity contribution in [2.75, 3.05) is 0 Å². The van der Waals surface area contributed by atoms with Crippen LogP contribution in [-0.2, 0) is 0 Å². The van der Waals surface area contributed by atoms with Crippen molar-refractivity contribution in [2.24, 2.45) is 11.8 Å². The summed E-state index contributed by atoms with van der Waals surface area (Å²) in [5.74, 6) is 1.95. The van der Waals surface area contributed by atoms with Crippen molar-refractivity contribution < 1.29 is 0 Å².